The van der Waals surface area contributed by atoms with Gasteiger partial charge < -0.3 is 9.32 Å². The van der Waals surface area contributed by atoms with Crippen molar-refractivity contribution in [3.8, 4) is 44.5 Å². The fourth-order valence-electron chi connectivity index (χ4n) is 10.2. The predicted molar refractivity (Wildman–Crippen MR) is 262 cm³/mol. The van der Waals surface area contributed by atoms with Gasteiger partial charge in [0.15, 0.2) is 0 Å². The topological polar surface area (TPSA) is 16.4 Å². The van der Waals surface area contributed by atoms with Gasteiger partial charge in [0.1, 0.15) is 11.2 Å². The van der Waals surface area contributed by atoms with E-state index in [1.807, 2.05) is 12.1 Å². The molecule has 2 bridgehead atoms. The summed E-state index contributed by atoms with van der Waals surface area (Å²) >= 11 is 0. The second kappa shape index (κ2) is 15.1. The molecule has 1 aliphatic carbocycles. The van der Waals surface area contributed by atoms with Crippen LogP contribution >= 0.6 is 0 Å². The largest absolute Gasteiger partial charge is 0.456 e. The Bertz CT molecular complexity index is 3430. The highest BCUT2D eigenvalue weighted by molar-refractivity contribution is 6.06. The highest BCUT2D eigenvalue weighted by atomic mass is 16.3. The Hall–Kier alpha value is -8.20. The van der Waals surface area contributed by atoms with Crippen LogP contribution in [0.2, 0.25) is 0 Å². The molecule has 1 heterocycles. The van der Waals surface area contributed by atoms with Gasteiger partial charge in [0.25, 0.3) is 0 Å². The van der Waals surface area contributed by atoms with Crippen molar-refractivity contribution in [1.29, 1.82) is 0 Å². The van der Waals surface area contributed by atoms with Crippen molar-refractivity contribution in [2.75, 3.05) is 4.90 Å². The molecule has 0 fully saturated rings. The summed E-state index contributed by atoms with van der Waals surface area (Å²) in [6, 6.07) is 90.7. The lowest BCUT2D eigenvalue weighted by Gasteiger charge is -2.41. The lowest BCUT2D eigenvalue weighted by atomic mass is 9.60. The van der Waals surface area contributed by atoms with E-state index in [1.54, 1.807) is 0 Å². The maximum Gasteiger partial charge on any atom is 0.135 e. The monoisotopic (exact) mass is 803 g/mol. The van der Waals surface area contributed by atoms with Crippen molar-refractivity contribution in [3.63, 3.8) is 0 Å². The molecule has 10 aromatic carbocycles. The molecule has 1 aromatic heterocycles. The number of hydrogen-bond donors (Lipinski definition) is 0. The van der Waals surface area contributed by atoms with E-state index >= 15 is 0 Å². The number of hydrogen-bond acceptors (Lipinski definition) is 2. The zero-order valence-corrected chi connectivity index (χ0v) is 34.5. The first kappa shape index (κ1) is 36.6. The molecule has 0 aliphatic heterocycles. The normalized spacial score (nSPS) is 14.1. The minimum absolute atomic E-state index is 0.693. The molecule has 63 heavy (non-hydrogen) atoms. The van der Waals surface area contributed by atoms with Gasteiger partial charge in [-0.1, -0.05) is 200 Å². The average Bonchev–Trinajstić information content (AvgIpc) is 3.74. The van der Waals surface area contributed by atoms with Gasteiger partial charge in [-0.3, -0.25) is 0 Å². The first-order chi connectivity index (χ1) is 31.3. The Morgan fingerprint density at radius 2 is 0.794 bits per heavy atom. The third-order valence-corrected chi connectivity index (χ3v) is 13.0. The summed E-state index contributed by atoms with van der Waals surface area (Å²) in [5.41, 5.74) is 18.9. The zero-order chi connectivity index (χ0) is 41.7. The van der Waals surface area contributed by atoms with E-state index < -0.39 is 5.41 Å². The fourth-order valence-corrected chi connectivity index (χ4v) is 10.2. The number of furan rings is 1. The fraction of sp³-hybridized carbons (Fsp3) is 0.0164. The van der Waals surface area contributed by atoms with E-state index in [9.17, 15) is 0 Å². The molecular weight excluding hydrogens is 763 g/mol. The van der Waals surface area contributed by atoms with Crippen LogP contribution in [0.25, 0.3) is 66.4 Å². The second-order valence-electron chi connectivity index (χ2n) is 16.4. The molecule has 296 valence electrons. The van der Waals surface area contributed by atoms with Crippen LogP contribution in [-0.2, 0) is 5.41 Å². The van der Waals surface area contributed by atoms with Gasteiger partial charge in [0.05, 0.1) is 5.41 Å². The summed E-state index contributed by atoms with van der Waals surface area (Å²) in [5, 5.41) is 2.20. The van der Waals surface area contributed by atoms with Crippen LogP contribution in [0.5, 0.6) is 0 Å². The van der Waals surface area contributed by atoms with Gasteiger partial charge in [-0.15, -0.1) is 0 Å². The third kappa shape index (κ3) is 5.95. The third-order valence-electron chi connectivity index (χ3n) is 13.0. The summed E-state index contributed by atoms with van der Waals surface area (Å²) in [7, 11) is 0. The van der Waals surface area contributed by atoms with E-state index in [1.165, 1.54) is 66.8 Å². The van der Waals surface area contributed by atoms with Gasteiger partial charge >= 0.3 is 0 Å². The lowest BCUT2D eigenvalue weighted by molar-refractivity contribution is 0.669. The Morgan fingerprint density at radius 1 is 0.302 bits per heavy atom. The van der Waals surface area contributed by atoms with Crippen LogP contribution in [0, 0.1) is 0 Å². The quantitative estimate of drug-likeness (QED) is 0.160. The van der Waals surface area contributed by atoms with Crippen LogP contribution < -0.4 is 4.90 Å². The SMILES string of the molecule is c1ccc(-c2ccc(N(c3ccc(C4(c5ccccc5)c5ccccc5-c5ccccc5-c5cccc4c5-c4ccccc4)cc3)c3ccc4oc5ccccc5c4c3)cc2)cc1. The number of para-hydroxylation sites is 1. The molecule has 0 saturated carbocycles. The summed E-state index contributed by atoms with van der Waals surface area (Å²) < 4.78 is 6.31. The van der Waals surface area contributed by atoms with Crippen molar-refractivity contribution < 1.29 is 4.42 Å². The Morgan fingerprint density at radius 3 is 1.52 bits per heavy atom. The molecule has 0 saturated heterocycles. The summed E-state index contributed by atoms with van der Waals surface area (Å²) in [6.07, 6.45) is 0. The first-order valence-electron chi connectivity index (χ1n) is 21.7. The van der Waals surface area contributed by atoms with Crippen LogP contribution in [-0.4, -0.2) is 0 Å². The van der Waals surface area contributed by atoms with Crippen molar-refractivity contribution in [3.05, 3.63) is 271 Å². The summed E-state index contributed by atoms with van der Waals surface area (Å²) in [6.45, 7) is 0. The highest BCUT2D eigenvalue weighted by Gasteiger charge is 2.43. The van der Waals surface area contributed by atoms with Gasteiger partial charge in [0.2, 0.25) is 0 Å². The molecular formula is C61H41NO. The van der Waals surface area contributed by atoms with Crippen molar-refractivity contribution in [2.45, 2.75) is 5.41 Å². The Kier molecular flexibility index (Phi) is 8.76. The smallest absolute Gasteiger partial charge is 0.135 e. The first-order valence-corrected chi connectivity index (χ1v) is 21.7. The Labute approximate surface area is 367 Å². The van der Waals surface area contributed by atoms with Gasteiger partial charge in [-0.2, -0.15) is 0 Å². The molecule has 1 atom stereocenters. The van der Waals surface area contributed by atoms with E-state index in [2.05, 4.69) is 241 Å². The van der Waals surface area contributed by atoms with Crippen LogP contribution in [0.3, 0.4) is 0 Å². The number of rotatable bonds is 7. The number of fused-ring (bicyclic) bond motifs is 9. The Balaban J connectivity index is 1.11. The number of nitrogens with zero attached hydrogens (tertiary/aromatic N) is 1. The van der Waals surface area contributed by atoms with Crippen molar-refractivity contribution in [2.24, 2.45) is 0 Å². The molecule has 0 radical (unpaired) electrons. The molecule has 2 nitrogen and oxygen atoms in total. The highest BCUT2D eigenvalue weighted by Crippen LogP contribution is 2.56. The van der Waals surface area contributed by atoms with Crippen LogP contribution in [0.15, 0.2) is 253 Å². The van der Waals surface area contributed by atoms with Crippen LogP contribution in [0.1, 0.15) is 22.3 Å². The number of anilines is 3. The van der Waals surface area contributed by atoms with Gasteiger partial charge in [-0.05, 0) is 115 Å². The van der Waals surface area contributed by atoms with E-state index in [4.69, 9.17) is 4.42 Å². The van der Waals surface area contributed by atoms with Crippen molar-refractivity contribution in [1.82, 2.24) is 0 Å². The lowest BCUT2D eigenvalue weighted by Crippen LogP contribution is -2.33. The molecule has 0 amide bonds. The van der Waals surface area contributed by atoms with Crippen LogP contribution in [0.4, 0.5) is 17.1 Å². The molecule has 2 heteroatoms. The van der Waals surface area contributed by atoms with Crippen molar-refractivity contribution >= 4 is 39.0 Å². The van der Waals surface area contributed by atoms with E-state index in [0.717, 1.165) is 39.0 Å². The van der Waals surface area contributed by atoms with E-state index in [0.29, 0.717) is 0 Å². The van der Waals surface area contributed by atoms with Gasteiger partial charge in [-0.25, -0.2) is 0 Å². The molecule has 11 aromatic rings. The summed E-state index contributed by atoms with van der Waals surface area (Å²) in [4.78, 5) is 2.37. The molecule has 1 unspecified atom stereocenters. The maximum atomic E-state index is 6.31. The predicted octanol–water partition coefficient (Wildman–Crippen LogP) is 16.4. The van der Waals surface area contributed by atoms with Gasteiger partial charge in [0, 0.05) is 27.8 Å². The minimum Gasteiger partial charge on any atom is -0.456 e. The maximum absolute atomic E-state index is 6.31. The average molecular weight is 804 g/mol. The summed E-state index contributed by atoms with van der Waals surface area (Å²) in [5.74, 6) is 0. The molecule has 0 N–H and O–H groups in total. The number of benzene rings is 10. The van der Waals surface area contributed by atoms with E-state index in [-0.39, 0.29) is 0 Å². The standard InChI is InChI=1S/C61H41NO/c1-4-17-42(18-5-1)43-31-35-47(36-32-43)62(49-39-40-59-55(41-49)53-26-13-15-30-58(53)63-59)48-37-33-46(34-38-48)61(45-21-8-3-9-22-45)56-28-14-12-25-52(56)50-23-10-11-24-51(50)54-27-16-29-57(61)60(54)44-19-6-2-7-20-44/h1-41H. The molecule has 1 aliphatic rings. The molecule has 0 spiro atoms. The second-order valence-corrected chi connectivity index (χ2v) is 16.4. The molecule has 12 rings (SSSR count). The minimum atomic E-state index is -0.693. The zero-order valence-electron chi connectivity index (χ0n) is 34.5.